The van der Waals surface area contributed by atoms with Crippen molar-refractivity contribution in [2.45, 2.75) is 24.0 Å². The summed E-state index contributed by atoms with van der Waals surface area (Å²) in [6, 6.07) is 10.2. The summed E-state index contributed by atoms with van der Waals surface area (Å²) in [7, 11) is 0. The third-order valence-corrected chi connectivity index (χ3v) is 4.76. The molecule has 0 aliphatic rings. The summed E-state index contributed by atoms with van der Waals surface area (Å²) in [5.74, 6) is 0.954. The lowest BCUT2D eigenvalue weighted by molar-refractivity contribution is 1.03. The molecule has 1 aromatic carbocycles. The lowest BCUT2D eigenvalue weighted by Gasteiger charge is -1.97. The van der Waals surface area contributed by atoms with Crippen LogP contribution in [0.5, 0.6) is 0 Å². The Morgan fingerprint density at radius 1 is 1.39 bits per heavy atom. The number of amidine groups is 1. The largest absolute Gasteiger partial charge is 0.383 e. The third kappa shape index (κ3) is 3.11. The smallest absolute Gasteiger partial charge is 0.135 e. The topological polar surface area (TPSA) is 62.8 Å². The van der Waals surface area contributed by atoms with Crippen LogP contribution in [0.3, 0.4) is 0 Å². The van der Waals surface area contributed by atoms with Gasteiger partial charge in [-0.25, -0.2) is 4.98 Å². The second-order valence-corrected chi connectivity index (χ2v) is 5.88. The second kappa shape index (κ2) is 6.02. The molecule has 0 aliphatic carbocycles. The Bertz CT molecular complexity index is 534. The number of nitrogens with zero attached hydrogens (tertiary/aromatic N) is 1. The number of aryl methyl sites for hydroxylation is 1. The maximum atomic E-state index is 7.53. The Labute approximate surface area is 115 Å². The molecule has 3 N–H and O–H groups in total. The zero-order valence-corrected chi connectivity index (χ0v) is 11.8. The van der Waals surface area contributed by atoms with Gasteiger partial charge in [0.1, 0.15) is 10.8 Å². The van der Waals surface area contributed by atoms with Gasteiger partial charge in [0.25, 0.3) is 0 Å². The van der Waals surface area contributed by atoms with E-state index < -0.39 is 0 Å². The predicted molar refractivity (Wildman–Crippen MR) is 78.5 cm³/mol. The van der Waals surface area contributed by atoms with Crippen molar-refractivity contribution in [2.24, 2.45) is 5.73 Å². The van der Waals surface area contributed by atoms with E-state index in [1.165, 1.54) is 16.2 Å². The standard InChI is InChI=1S/C13H15N3S2/c1-2-10-12(13(14)15)18-11(16-10)8-17-9-6-4-3-5-7-9/h3-7H,2,8H2,1H3,(H3,14,15). The van der Waals surface area contributed by atoms with Gasteiger partial charge in [-0.1, -0.05) is 25.1 Å². The zero-order chi connectivity index (χ0) is 13.0. The molecule has 0 aliphatic heterocycles. The van der Waals surface area contributed by atoms with Crippen LogP contribution in [0.1, 0.15) is 22.5 Å². The summed E-state index contributed by atoms with van der Waals surface area (Å²) < 4.78 is 0. The van der Waals surface area contributed by atoms with Gasteiger partial charge in [0, 0.05) is 4.90 Å². The number of nitrogens with one attached hydrogen (secondary N) is 1. The van der Waals surface area contributed by atoms with Crippen molar-refractivity contribution in [3.63, 3.8) is 0 Å². The number of hydrogen-bond donors (Lipinski definition) is 2. The molecule has 3 nitrogen and oxygen atoms in total. The molecule has 1 aromatic heterocycles. The quantitative estimate of drug-likeness (QED) is 0.501. The van der Waals surface area contributed by atoms with Crippen LogP contribution in [0.15, 0.2) is 35.2 Å². The molecule has 2 rings (SSSR count). The fourth-order valence-electron chi connectivity index (χ4n) is 1.57. The van der Waals surface area contributed by atoms with Crippen molar-refractivity contribution in [3.05, 3.63) is 45.9 Å². The first-order chi connectivity index (χ1) is 8.70. The Balaban J connectivity index is 2.08. The highest BCUT2D eigenvalue weighted by Crippen LogP contribution is 2.26. The van der Waals surface area contributed by atoms with Crippen LogP contribution in [-0.4, -0.2) is 10.8 Å². The molecule has 1 heterocycles. The van der Waals surface area contributed by atoms with E-state index in [9.17, 15) is 0 Å². The van der Waals surface area contributed by atoms with Crippen molar-refractivity contribution in [3.8, 4) is 0 Å². The van der Waals surface area contributed by atoms with Gasteiger partial charge in [0.2, 0.25) is 0 Å². The van der Waals surface area contributed by atoms with Crippen molar-refractivity contribution >= 4 is 28.9 Å². The minimum Gasteiger partial charge on any atom is -0.383 e. The number of thiazole rings is 1. The summed E-state index contributed by atoms with van der Waals surface area (Å²) >= 11 is 3.28. The summed E-state index contributed by atoms with van der Waals surface area (Å²) in [6.07, 6.45) is 0.821. The molecular weight excluding hydrogens is 262 g/mol. The van der Waals surface area contributed by atoms with Crippen LogP contribution < -0.4 is 5.73 Å². The van der Waals surface area contributed by atoms with Crippen LogP contribution in [0.25, 0.3) is 0 Å². The summed E-state index contributed by atoms with van der Waals surface area (Å²) in [6.45, 7) is 2.04. The van der Waals surface area contributed by atoms with E-state index in [1.54, 1.807) is 11.8 Å². The molecule has 0 saturated carbocycles. The molecule has 2 aromatic rings. The second-order valence-electron chi connectivity index (χ2n) is 3.75. The predicted octanol–water partition coefficient (Wildman–Crippen LogP) is 3.28. The Hall–Kier alpha value is -1.33. The van der Waals surface area contributed by atoms with Gasteiger partial charge >= 0.3 is 0 Å². The lowest BCUT2D eigenvalue weighted by atomic mass is 10.3. The molecule has 0 spiro atoms. The number of thioether (sulfide) groups is 1. The van der Waals surface area contributed by atoms with Gasteiger partial charge < -0.3 is 5.73 Å². The summed E-state index contributed by atoms with van der Waals surface area (Å²) in [4.78, 5) is 6.59. The van der Waals surface area contributed by atoms with Gasteiger partial charge in [0.15, 0.2) is 0 Å². The van der Waals surface area contributed by atoms with E-state index in [2.05, 4.69) is 17.1 Å². The van der Waals surface area contributed by atoms with Crippen LogP contribution >= 0.6 is 23.1 Å². The van der Waals surface area contributed by atoms with Crippen LogP contribution in [-0.2, 0) is 12.2 Å². The first kappa shape index (κ1) is 13.1. The molecule has 0 radical (unpaired) electrons. The number of aromatic nitrogens is 1. The van der Waals surface area contributed by atoms with Gasteiger partial charge in [-0.3, -0.25) is 5.41 Å². The molecule has 94 valence electrons. The highest BCUT2D eigenvalue weighted by Gasteiger charge is 2.12. The number of hydrogen-bond acceptors (Lipinski definition) is 4. The van der Waals surface area contributed by atoms with Crippen LogP contribution in [0.2, 0.25) is 0 Å². The van der Waals surface area contributed by atoms with E-state index in [-0.39, 0.29) is 5.84 Å². The monoisotopic (exact) mass is 277 g/mol. The average Bonchev–Trinajstić information content (AvgIpc) is 2.81. The van der Waals surface area contributed by atoms with Gasteiger partial charge in [-0.2, -0.15) is 0 Å². The third-order valence-electron chi connectivity index (χ3n) is 2.43. The molecule has 0 fully saturated rings. The molecule has 0 saturated heterocycles. The molecule has 5 heteroatoms. The van der Waals surface area contributed by atoms with Crippen molar-refractivity contribution < 1.29 is 0 Å². The minimum atomic E-state index is 0.125. The molecular formula is C13H15N3S2. The van der Waals surface area contributed by atoms with E-state index in [0.717, 1.165) is 27.8 Å². The Morgan fingerprint density at radius 3 is 2.67 bits per heavy atom. The zero-order valence-electron chi connectivity index (χ0n) is 10.1. The Kier molecular flexibility index (Phi) is 4.38. The molecule has 0 unspecified atom stereocenters. The molecule has 0 bridgehead atoms. The fourth-order valence-corrected chi connectivity index (χ4v) is 3.50. The van der Waals surface area contributed by atoms with Crippen LogP contribution in [0.4, 0.5) is 0 Å². The molecule has 18 heavy (non-hydrogen) atoms. The van der Waals surface area contributed by atoms with Crippen molar-refractivity contribution in [2.75, 3.05) is 0 Å². The first-order valence-corrected chi connectivity index (χ1v) is 7.51. The summed E-state index contributed by atoms with van der Waals surface area (Å²) in [5, 5.41) is 8.56. The van der Waals surface area contributed by atoms with E-state index >= 15 is 0 Å². The number of nitrogens with two attached hydrogens (primary N) is 1. The SMILES string of the molecule is CCc1nc(CSc2ccccc2)sc1C(=N)N. The number of nitrogen functional groups attached to an aromatic ring is 1. The highest BCUT2D eigenvalue weighted by atomic mass is 32.2. The van der Waals surface area contributed by atoms with E-state index in [4.69, 9.17) is 11.1 Å². The normalized spacial score (nSPS) is 10.5. The maximum absolute atomic E-state index is 7.53. The molecule has 0 amide bonds. The summed E-state index contributed by atoms with van der Waals surface area (Å²) in [5.41, 5.74) is 6.50. The van der Waals surface area contributed by atoms with Gasteiger partial charge in [-0.05, 0) is 18.6 Å². The lowest BCUT2D eigenvalue weighted by Crippen LogP contribution is -2.11. The van der Waals surface area contributed by atoms with Crippen molar-refractivity contribution in [1.82, 2.24) is 4.98 Å². The Morgan fingerprint density at radius 2 is 2.11 bits per heavy atom. The minimum absolute atomic E-state index is 0.125. The van der Waals surface area contributed by atoms with Gasteiger partial charge in [-0.15, -0.1) is 23.1 Å². The first-order valence-electron chi connectivity index (χ1n) is 5.71. The average molecular weight is 277 g/mol. The number of rotatable bonds is 5. The maximum Gasteiger partial charge on any atom is 0.135 e. The van der Waals surface area contributed by atoms with Crippen LogP contribution in [0, 0.1) is 5.41 Å². The molecule has 0 atom stereocenters. The highest BCUT2D eigenvalue weighted by molar-refractivity contribution is 7.98. The fraction of sp³-hybridized carbons (Fsp3) is 0.231. The van der Waals surface area contributed by atoms with E-state index in [1.807, 2.05) is 25.1 Å². The number of benzene rings is 1. The van der Waals surface area contributed by atoms with E-state index in [0.29, 0.717) is 0 Å². The van der Waals surface area contributed by atoms with Crippen molar-refractivity contribution in [1.29, 1.82) is 5.41 Å². The van der Waals surface area contributed by atoms with Gasteiger partial charge in [0.05, 0.1) is 16.3 Å².